The van der Waals surface area contributed by atoms with Gasteiger partial charge in [0.25, 0.3) is 0 Å². The molecule has 6 nitrogen and oxygen atoms in total. The third-order valence-electron chi connectivity index (χ3n) is 14.9. The molecule has 0 saturated carbocycles. The third-order valence-corrected chi connectivity index (χ3v) is 16.0. The first kappa shape index (κ1) is 41.2. The molecule has 0 N–H and O–H groups in total. The number of para-hydroxylation sites is 6. The Bertz CT molecular complexity index is 4850. The lowest BCUT2D eigenvalue weighted by molar-refractivity contribution is -0.137. The average Bonchev–Trinajstić information content (AvgIpc) is 4.23. The summed E-state index contributed by atoms with van der Waals surface area (Å²) in [7, 11) is 0. The van der Waals surface area contributed by atoms with E-state index in [1.54, 1.807) is 17.4 Å². The van der Waals surface area contributed by atoms with Gasteiger partial charge in [-0.25, -0.2) is 0 Å². The lowest BCUT2D eigenvalue weighted by Gasteiger charge is -2.27. The molecule has 0 bridgehead atoms. The largest absolute Gasteiger partial charge is 0.416 e. The molecule has 73 heavy (non-hydrogen) atoms. The van der Waals surface area contributed by atoms with Gasteiger partial charge in [0, 0.05) is 58.6 Å². The molecule has 0 aliphatic heterocycles. The Morgan fingerprint density at radius 1 is 0.342 bits per heavy atom. The van der Waals surface area contributed by atoms with Gasteiger partial charge in [-0.3, -0.25) is 0 Å². The SMILES string of the molecule is N#Cc1c(-n2c3ccccc3c3ccccc32)c(-n2c3ccccc3c3ccccc32)c(C#N)c(-n2c3cc(C(F)(F)F)ccc3c3ccc4c5ccccc5sc4c32)c1-n1c2ccccc2c2ccccc21. The third kappa shape index (κ3) is 5.50. The van der Waals surface area contributed by atoms with Crippen LogP contribution in [0.2, 0.25) is 0 Å². The van der Waals surface area contributed by atoms with Crippen molar-refractivity contribution in [2.24, 2.45) is 0 Å². The first-order chi connectivity index (χ1) is 35.8. The van der Waals surface area contributed by atoms with Crippen LogP contribution in [0.15, 0.2) is 200 Å². The van der Waals surface area contributed by atoms with E-state index in [2.05, 4.69) is 62.2 Å². The summed E-state index contributed by atoms with van der Waals surface area (Å²) in [5.74, 6) is 0. The van der Waals surface area contributed by atoms with Gasteiger partial charge in [-0.05, 0) is 54.6 Å². The Labute approximate surface area is 416 Å². The topological polar surface area (TPSA) is 67.3 Å². The van der Waals surface area contributed by atoms with Crippen LogP contribution < -0.4 is 0 Å². The van der Waals surface area contributed by atoms with E-state index in [-0.39, 0.29) is 22.3 Å². The average molecular weight is 963 g/mol. The highest BCUT2D eigenvalue weighted by Crippen LogP contribution is 2.51. The van der Waals surface area contributed by atoms with Crippen molar-refractivity contribution in [2.75, 3.05) is 0 Å². The monoisotopic (exact) mass is 962 g/mol. The maximum Gasteiger partial charge on any atom is 0.416 e. The number of hydrogen-bond acceptors (Lipinski definition) is 3. The van der Waals surface area contributed by atoms with Crippen LogP contribution in [-0.2, 0) is 6.18 Å². The molecule has 10 heteroatoms. The van der Waals surface area contributed by atoms with Crippen LogP contribution in [0.4, 0.5) is 13.2 Å². The number of alkyl halides is 3. The predicted octanol–water partition coefficient (Wildman–Crippen LogP) is 17.2. The van der Waals surface area contributed by atoms with Crippen molar-refractivity contribution in [3.8, 4) is 34.9 Å². The summed E-state index contributed by atoms with van der Waals surface area (Å²) in [6.45, 7) is 0. The van der Waals surface area contributed by atoms with Gasteiger partial charge >= 0.3 is 6.18 Å². The Kier molecular flexibility index (Phi) is 8.44. The lowest BCUT2D eigenvalue weighted by atomic mass is 9.98. The van der Waals surface area contributed by atoms with Gasteiger partial charge in [-0.2, -0.15) is 23.7 Å². The number of hydrogen-bond donors (Lipinski definition) is 0. The number of thiophene rings is 1. The fourth-order valence-electron chi connectivity index (χ4n) is 12.0. The summed E-state index contributed by atoms with van der Waals surface area (Å²) in [6, 6.07) is 69.8. The molecule has 5 aromatic heterocycles. The van der Waals surface area contributed by atoms with Crippen molar-refractivity contribution in [1.82, 2.24) is 18.3 Å². The van der Waals surface area contributed by atoms with Gasteiger partial charge < -0.3 is 18.3 Å². The zero-order valence-corrected chi connectivity index (χ0v) is 39.1. The van der Waals surface area contributed by atoms with Gasteiger partial charge in [0.1, 0.15) is 23.3 Å². The van der Waals surface area contributed by atoms with E-state index >= 15 is 13.2 Å². The van der Waals surface area contributed by atoms with Gasteiger partial charge in [0.2, 0.25) is 0 Å². The molecule has 15 rings (SSSR count). The minimum absolute atomic E-state index is 0.161. The lowest BCUT2D eigenvalue weighted by Crippen LogP contribution is -2.17. The fraction of sp³-hybridized carbons (Fsp3) is 0.0159. The molecule has 0 saturated heterocycles. The second kappa shape index (κ2) is 15.0. The Morgan fingerprint density at radius 2 is 0.671 bits per heavy atom. The molecule has 0 radical (unpaired) electrons. The summed E-state index contributed by atoms with van der Waals surface area (Å²) in [5.41, 5.74) is 6.62. The summed E-state index contributed by atoms with van der Waals surface area (Å²) in [6.07, 6.45) is -4.71. The van der Waals surface area contributed by atoms with Gasteiger partial charge in [0.15, 0.2) is 0 Å². The Morgan fingerprint density at radius 3 is 1.07 bits per heavy atom. The summed E-state index contributed by atoms with van der Waals surface area (Å²) in [4.78, 5) is 0. The van der Waals surface area contributed by atoms with Crippen LogP contribution in [0.1, 0.15) is 16.7 Å². The first-order valence-corrected chi connectivity index (χ1v) is 24.6. The number of halogens is 3. The quantitative estimate of drug-likeness (QED) is 0.176. The molecule has 10 aromatic carbocycles. The summed E-state index contributed by atoms with van der Waals surface area (Å²) >= 11 is 1.56. The van der Waals surface area contributed by atoms with E-state index < -0.39 is 11.7 Å². The highest BCUT2D eigenvalue weighted by molar-refractivity contribution is 7.26. The predicted molar refractivity (Wildman–Crippen MR) is 291 cm³/mol. The number of rotatable bonds is 4. The molecule has 0 aliphatic rings. The number of fused-ring (bicyclic) bond motifs is 16. The highest BCUT2D eigenvalue weighted by Gasteiger charge is 2.36. The molecule has 0 amide bonds. The first-order valence-electron chi connectivity index (χ1n) is 23.8. The smallest absolute Gasteiger partial charge is 0.306 e. The van der Waals surface area contributed by atoms with Crippen LogP contribution >= 0.6 is 11.3 Å². The van der Waals surface area contributed by atoms with Crippen LogP contribution in [0.5, 0.6) is 0 Å². The van der Waals surface area contributed by atoms with E-state index in [1.807, 2.05) is 150 Å². The van der Waals surface area contributed by atoms with Crippen molar-refractivity contribution < 1.29 is 13.2 Å². The maximum absolute atomic E-state index is 15.3. The van der Waals surface area contributed by atoms with E-state index in [1.165, 1.54) is 6.07 Å². The van der Waals surface area contributed by atoms with E-state index in [0.717, 1.165) is 91.7 Å². The molecule has 5 heterocycles. The second-order valence-electron chi connectivity index (χ2n) is 18.5. The molecular formula is C63H33F3N6S. The normalized spacial score (nSPS) is 12.3. The van der Waals surface area contributed by atoms with Crippen molar-refractivity contribution in [3.05, 3.63) is 217 Å². The molecular weight excluding hydrogens is 930 g/mol. The van der Waals surface area contributed by atoms with Crippen LogP contribution in [0, 0.1) is 22.7 Å². The van der Waals surface area contributed by atoms with Crippen molar-refractivity contribution in [1.29, 1.82) is 10.5 Å². The molecule has 0 spiro atoms. The molecule has 0 fully saturated rings. The van der Waals surface area contributed by atoms with E-state index in [4.69, 9.17) is 0 Å². The number of nitrogens with zero attached hydrogens (tertiary/aromatic N) is 6. The molecule has 342 valence electrons. The van der Waals surface area contributed by atoms with Crippen molar-refractivity contribution in [3.63, 3.8) is 0 Å². The van der Waals surface area contributed by atoms with Crippen molar-refractivity contribution >= 4 is 119 Å². The second-order valence-corrected chi connectivity index (χ2v) is 19.5. The molecule has 15 aromatic rings. The zero-order chi connectivity index (χ0) is 48.9. The number of benzene rings is 10. The summed E-state index contributed by atoms with van der Waals surface area (Å²) in [5, 5.41) is 33.9. The molecule has 0 atom stereocenters. The summed E-state index contributed by atoms with van der Waals surface area (Å²) < 4.78 is 55.9. The van der Waals surface area contributed by atoms with Crippen LogP contribution in [0.3, 0.4) is 0 Å². The highest BCUT2D eigenvalue weighted by atomic mass is 32.1. The molecule has 0 aliphatic carbocycles. The van der Waals surface area contributed by atoms with Crippen LogP contribution in [-0.4, -0.2) is 18.3 Å². The zero-order valence-electron chi connectivity index (χ0n) is 38.3. The fourth-order valence-corrected chi connectivity index (χ4v) is 13.2. The van der Waals surface area contributed by atoms with Gasteiger partial charge in [0.05, 0.1) is 77.1 Å². The van der Waals surface area contributed by atoms with E-state index in [0.29, 0.717) is 33.4 Å². The van der Waals surface area contributed by atoms with Crippen molar-refractivity contribution in [2.45, 2.75) is 6.18 Å². The Hall–Kier alpha value is -9.61. The van der Waals surface area contributed by atoms with Crippen LogP contribution in [0.25, 0.3) is 130 Å². The number of aromatic nitrogens is 4. The molecule has 0 unspecified atom stereocenters. The van der Waals surface area contributed by atoms with Gasteiger partial charge in [-0.15, -0.1) is 11.3 Å². The Balaban J connectivity index is 1.30. The standard InChI is InChI=1S/C63H33F3N6S/c64-63(65,66)36-29-30-43-45-31-32-46-44-21-7-14-28-56(44)73-62(46)61(45)72(55(43)33-36)60-48(35-68)58(70-51-24-10-3-17-39(51)40-18-4-11-25-52(40)70)57(69-49-22-8-1-15-37(49)38-16-2-9-23-50(38)69)47(34-67)59(60)71-53-26-12-5-19-41(53)42-20-6-13-27-54(42)71/h1-33H. The van der Waals surface area contributed by atoms with E-state index in [9.17, 15) is 10.5 Å². The minimum Gasteiger partial charge on any atom is -0.306 e. The maximum atomic E-state index is 15.3. The van der Waals surface area contributed by atoms with Gasteiger partial charge in [-0.1, -0.05) is 146 Å². The minimum atomic E-state index is -4.71. The number of nitriles is 2.